The highest BCUT2D eigenvalue weighted by molar-refractivity contribution is 7.88. The second kappa shape index (κ2) is 6.83. The standard InChI is InChI=1S/C18H21NO4S/c1-13-4-3-5-15(10-13)12-24(20,21)19-14(2)16-6-7-17-18(11-16)23-9-8-22-17/h3-7,10-11,14,19H,8-9,12H2,1-2H3/t14-/m0/s1. The molecule has 24 heavy (non-hydrogen) atoms. The van der Waals surface area contributed by atoms with Crippen LogP contribution in [0.1, 0.15) is 29.7 Å². The number of aryl methyl sites for hydroxylation is 1. The molecular weight excluding hydrogens is 326 g/mol. The third-order valence-corrected chi connectivity index (χ3v) is 5.29. The van der Waals surface area contributed by atoms with Gasteiger partial charge in [-0.3, -0.25) is 0 Å². The maximum absolute atomic E-state index is 12.4. The van der Waals surface area contributed by atoms with Crippen LogP contribution < -0.4 is 14.2 Å². The summed E-state index contributed by atoms with van der Waals surface area (Å²) in [6.07, 6.45) is 0. The van der Waals surface area contributed by atoms with Crippen LogP contribution in [0.3, 0.4) is 0 Å². The summed E-state index contributed by atoms with van der Waals surface area (Å²) in [6, 6.07) is 12.7. The van der Waals surface area contributed by atoms with Crippen molar-refractivity contribution in [1.29, 1.82) is 0 Å². The van der Waals surface area contributed by atoms with Gasteiger partial charge in [-0.2, -0.15) is 0 Å². The van der Waals surface area contributed by atoms with Gasteiger partial charge in [0, 0.05) is 6.04 Å². The SMILES string of the molecule is Cc1cccc(CS(=O)(=O)N[C@@H](C)c2ccc3c(c2)OCCO3)c1. The van der Waals surface area contributed by atoms with Gasteiger partial charge in [-0.15, -0.1) is 0 Å². The van der Waals surface area contributed by atoms with Gasteiger partial charge in [0.25, 0.3) is 0 Å². The van der Waals surface area contributed by atoms with Crippen molar-refractivity contribution in [1.82, 2.24) is 4.72 Å². The molecule has 128 valence electrons. The molecule has 0 fully saturated rings. The fourth-order valence-corrected chi connectivity index (χ4v) is 4.11. The molecule has 2 aromatic rings. The Balaban J connectivity index is 1.72. The van der Waals surface area contributed by atoms with Crippen LogP contribution in [0, 0.1) is 6.92 Å². The molecule has 1 aliphatic rings. The molecule has 0 aromatic heterocycles. The van der Waals surface area contributed by atoms with Crippen LogP contribution in [0.4, 0.5) is 0 Å². The number of hydrogen-bond acceptors (Lipinski definition) is 4. The largest absolute Gasteiger partial charge is 0.486 e. The summed E-state index contributed by atoms with van der Waals surface area (Å²) in [5, 5.41) is 0. The van der Waals surface area contributed by atoms with Crippen molar-refractivity contribution in [2.75, 3.05) is 13.2 Å². The first-order valence-corrected chi connectivity index (χ1v) is 9.53. The van der Waals surface area contributed by atoms with E-state index in [2.05, 4.69) is 4.72 Å². The lowest BCUT2D eigenvalue weighted by molar-refractivity contribution is 0.171. The molecule has 1 atom stereocenters. The number of sulfonamides is 1. The van der Waals surface area contributed by atoms with Crippen LogP contribution in [-0.2, 0) is 15.8 Å². The highest BCUT2D eigenvalue weighted by Crippen LogP contribution is 2.32. The molecule has 0 bridgehead atoms. The van der Waals surface area contributed by atoms with Crippen LogP contribution in [0.2, 0.25) is 0 Å². The van der Waals surface area contributed by atoms with Crippen LogP contribution in [-0.4, -0.2) is 21.6 Å². The summed E-state index contributed by atoms with van der Waals surface area (Å²) in [7, 11) is -3.44. The van der Waals surface area contributed by atoms with E-state index in [9.17, 15) is 8.42 Å². The number of benzene rings is 2. The van der Waals surface area contributed by atoms with Gasteiger partial charge in [-0.25, -0.2) is 13.1 Å². The molecule has 5 nitrogen and oxygen atoms in total. The van der Waals surface area contributed by atoms with E-state index in [0.29, 0.717) is 24.7 Å². The summed E-state index contributed by atoms with van der Waals surface area (Å²) in [6.45, 7) is 4.80. The first kappa shape index (κ1) is 16.8. The first-order chi connectivity index (χ1) is 11.4. The van der Waals surface area contributed by atoms with Crippen LogP contribution in [0.15, 0.2) is 42.5 Å². The van der Waals surface area contributed by atoms with E-state index in [1.54, 1.807) is 0 Å². The van der Waals surface area contributed by atoms with Crippen molar-refractivity contribution in [3.8, 4) is 11.5 Å². The summed E-state index contributed by atoms with van der Waals surface area (Å²) in [5.41, 5.74) is 2.66. The topological polar surface area (TPSA) is 64.6 Å². The lowest BCUT2D eigenvalue weighted by atomic mass is 10.1. The van der Waals surface area contributed by atoms with Crippen LogP contribution >= 0.6 is 0 Å². The molecule has 1 heterocycles. The van der Waals surface area contributed by atoms with E-state index < -0.39 is 10.0 Å². The molecule has 6 heteroatoms. The third-order valence-electron chi connectivity index (χ3n) is 3.86. The fraction of sp³-hybridized carbons (Fsp3) is 0.333. The lowest BCUT2D eigenvalue weighted by Gasteiger charge is -2.21. The minimum absolute atomic E-state index is 0.0381. The van der Waals surface area contributed by atoms with Gasteiger partial charge in [0.2, 0.25) is 10.0 Å². The Morgan fingerprint density at radius 1 is 1.08 bits per heavy atom. The predicted molar refractivity (Wildman–Crippen MR) is 92.8 cm³/mol. The van der Waals surface area contributed by atoms with Crippen molar-refractivity contribution in [3.63, 3.8) is 0 Å². The van der Waals surface area contributed by atoms with Gasteiger partial charge < -0.3 is 9.47 Å². The summed E-state index contributed by atoms with van der Waals surface area (Å²) in [5.74, 6) is 1.31. The Hall–Kier alpha value is -2.05. The fourth-order valence-electron chi connectivity index (χ4n) is 2.73. The van der Waals surface area contributed by atoms with E-state index in [1.165, 1.54) is 0 Å². The predicted octanol–water partition coefficient (Wildman–Crippen LogP) is 2.95. The minimum atomic E-state index is -3.44. The van der Waals surface area contributed by atoms with Crippen molar-refractivity contribution >= 4 is 10.0 Å². The normalized spacial score (nSPS) is 15.1. The number of nitrogens with one attached hydrogen (secondary N) is 1. The molecule has 0 aliphatic carbocycles. The second-order valence-corrected chi connectivity index (χ2v) is 7.74. The highest BCUT2D eigenvalue weighted by atomic mass is 32.2. The van der Waals surface area contributed by atoms with E-state index in [1.807, 2.05) is 56.3 Å². The van der Waals surface area contributed by atoms with E-state index >= 15 is 0 Å². The molecular formula is C18H21NO4S. The summed E-state index contributed by atoms with van der Waals surface area (Å²) >= 11 is 0. The second-order valence-electron chi connectivity index (χ2n) is 5.99. The molecule has 1 N–H and O–H groups in total. The van der Waals surface area contributed by atoms with Gasteiger partial charge in [-0.1, -0.05) is 35.9 Å². The Morgan fingerprint density at radius 2 is 1.83 bits per heavy atom. The average molecular weight is 347 g/mol. The Morgan fingerprint density at radius 3 is 2.58 bits per heavy atom. The lowest BCUT2D eigenvalue weighted by Crippen LogP contribution is -2.28. The van der Waals surface area contributed by atoms with Gasteiger partial charge in [0.1, 0.15) is 13.2 Å². The molecule has 0 saturated carbocycles. The van der Waals surface area contributed by atoms with Gasteiger partial charge >= 0.3 is 0 Å². The molecule has 0 unspecified atom stereocenters. The highest BCUT2D eigenvalue weighted by Gasteiger charge is 2.19. The maximum atomic E-state index is 12.4. The van der Waals surface area contributed by atoms with Crippen molar-refractivity contribution in [2.45, 2.75) is 25.6 Å². The van der Waals surface area contributed by atoms with Gasteiger partial charge in [0.15, 0.2) is 11.5 Å². The number of hydrogen-bond donors (Lipinski definition) is 1. The third kappa shape index (κ3) is 4.07. The Labute approximate surface area is 142 Å². The molecule has 0 saturated heterocycles. The number of fused-ring (bicyclic) bond motifs is 1. The Kier molecular flexibility index (Phi) is 4.78. The van der Waals surface area contributed by atoms with Crippen molar-refractivity contribution < 1.29 is 17.9 Å². The zero-order valence-electron chi connectivity index (χ0n) is 13.8. The number of rotatable bonds is 5. The van der Waals surface area contributed by atoms with Crippen molar-refractivity contribution in [3.05, 3.63) is 59.2 Å². The zero-order chi connectivity index (χ0) is 17.2. The van der Waals surface area contributed by atoms with E-state index in [-0.39, 0.29) is 11.8 Å². The molecule has 0 amide bonds. The molecule has 0 spiro atoms. The smallest absolute Gasteiger partial charge is 0.216 e. The average Bonchev–Trinajstić information content (AvgIpc) is 2.53. The monoisotopic (exact) mass is 347 g/mol. The quantitative estimate of drug-likeness (QED) is 0.903. The number of ether oxygens (including phenoxy) is 2. The maximum Gasteiger partial charge on any atom is 0.216 e. The summed E-state index contributed by atoms with van der Waals surface area (Å²) in [4.78, 5) is 0. The minimum Gasteiger partial charge on any atom is -0.486 e. The van der Waals surface area contributed by atoms with Gasteiger partial charge in [-0.05, 0) is 37.1 Å². The molecule has 2 aromatic carbocycles. The molecule has 0 radical (unpaired) electrons. The van der Waals surface area contributed by atoms with Crippen LogP contribution in [0.5, 0.6) is 11.5 Å². The molecule has 3 rings (SSSR count). The first-order valence-electron chi connectivity index (χ1n) is 7.88. The van der Waals surface area contributed by atoms with Crippen LogP contribution in [0.25, 0.3) is 0 Å². The molecule has 1 aliphatic heterocycles. The zero-order valence-corrected chi connectivity index (χ0v) is 14.6. The van der Waals surface area contributed by atoms with E-state index in [4.69, 9.17) is 9.47 Å². The van der Waals surface area contributed by atoms with Crippen molar-refractivity contribution in [2.24, 2.45) is 0 Å². The van der Waals surface area contributed by atoms with E-state index in [0.717, 1.165) is 16.7 Å². The van der Waals surface area contributed by atoms with Gasteiger partial charge in [0.05, 0.1) is 5.75 Å². The Bertz CT molecular complexity index is 833. The summed E-state index contributed by atoms with van der Waals surface area (Å²) < 4.78 is 38.6.